The summed E-state index contributed by atoms with van der Waals surface area (Å²) in [6, 6.07) is 1.04. The normalized spacial score (nSPS) is 25.1. The van der Waals surface area contributed by atoms with Gasteiger partial charge < -0.3 is 25.8 Å². The minimum atomic E-state index is -0.322. The summed E-state index contributed by atoms with van der Waals surface area (Å²) in [5.74, 6) is 2.62. The van der Waals surface area contributed by atoms with E-state index in [9.17, 15) is 0 Å². The number of nitrogens with one attached hydrogen (secondary N) is 3. The van der Waals surface area contributed by atoms with Gasteiger partial charge in [0, 0.05) is 65.0 Å². The van der Waals surface area contributed by atoms with E-state index in [1.54, 1.807) is 0 Å². The van der Waals surface area contributed by atoms with Gasteiger partial charge in [0.05, 0.1) is 5.54 Å². The minimum absolute atomic E-state index is 0.0179. The van der Waals surface area contributed by atoms with E-state index in [0.29, 0.717) is 18.1 Å². The van der Waals surface area contributed by atoms with E-state index in [1.165, 1.54) is 0 Å². The molecule has 1 aromatic rings. The van der Waals surface area contributed by atoms with Crippen molar-refractivity contribution < 1.29 is 0 Å². The van der Waals surface area contributed by atoms with E-state index in [2.05, 4.69) is 149 Å². The molecule has 3 aliphatic rings. The van der Waals surface area contributed by atoms with Gasteiger partial charge in [-0.3, -0.25) is 4.90 Å². The average molecular weight is 698 g/mol. The summed E-state index contributed by atoms with van der Waals surface area (Å²) in [5, 5.41) is 11.7. The lowest BCUT2D eigenvalue weighted by Crippen LogP contribution is -2.64. The van der Waals surface area contributed by atoms with Gasteiger partial charge in [0.1, 0.15) is 0 Å². The highest BCUT2D eigenvalue weighted by atomic mass is 15.4. The fourth-order valence-electron chi connectivity index (χ4n) is 10.9. The third kappa shape index (κ3) is 9.51. The first kappa shape index (κ1) is 41.2. The van der Waals surface area contributed by atoms with Crippen LogP contribution < -0.4 is 25.8 Å². The monoisotopic (exact) mass is 698 g/mol. The molecule has 0 aromatic carbocycles. The fraction of sp³-hybridized carbons (Fsp3) is 0.927. The molecule has 0 unspecified atom stereocenters. The molecule has 1 aromatic heterocycles. The van der Waals surface area contributed by atoms with Crippen LogP contribution in [0.15, 0.2) is 0 Å². The van der Waals surface area contributed by atoms with Crippen molar-refractivity contribution >= 4 is 11.9 Å². The number of anilines is 2. The van der Waals surface area contributed by atoms with Gasteiger partial charge in [-0.2, -0.15) is 15.0 Å². The number of nitrogens with zero attached hydrogens (tertiary/aromatic N) is 6. The largest absolute Gasteiger partial charge is 0.341 e. The Morgan fingerprint density at radius 2 is 0.940 bits per heavy atom. The maximum atomic E-state index is 5.63. The Balaban J connectivity index is 1.91. The van der Waals surface area contributed by atoms with E-state index in [4.69, 9.17) is 15.0 Å². The number of unbranched alkanes of at least 4 members (excludes halogenated alkanes) is 1. The molecule has 9 nitrogen and oxygen atoms in total. The highest BCUT2D eigenvalue weighted by Gasteiger charge is 2.48. The average Bonchev–Trinajstić information content (AvgIpc) is 2.93. The van der Waals surface area contributed by atoms with Gasteiger partial charge in [-0.15, -0.1) is 0 Å². The zero-order chi connectivity index (χ0) is 37.7. The van der Waals surface area contributed by atoms with Crippen molar-refractivity contribution in [1.82, 2.24) is 35.8 Å². The number of aromatic nitrogens is 3. The van der Waals surface area contributed by atoms with E-state index in [-0.39, 0.29) is 38.8 Å². The Morgan fingerprint density at radius 3 is 1.34 bits per heavy atom. The molecule has 0 saturated carbocycles. The highest BCUT2D eigenvalue weighted by molar-refractivity contribution is 5.43. The summed E-state index contributed by atoms with van der Waals surface area (Å²) >= 11 is 0. The molecule has 3 aliphatic heterocycles. The van der Waals surface area contributed by atoms with Gasteiger partial charge >= 0.3 is 0 Å². The Hall–Kier alpha value is -1.55. The molecule has 0 aliphatic carbocycles. The van der Waals surface area contributed by atoms with Crippen molar-refractivity contribution in [3.63, 3.8) is 0 Å². The highest BCUT2D eigenvalue weighted by Crippen LogP contribution is 2.42. The van der Waals surface area contributed by atoms with Crippen molar-refractivity contribution in [2.24, 2.45) is 0 Å². The molecule has 50 heavy (non-hydrogen) atoms. The van der Waals surface area contributed by atoms with Crippen LogP contribution in [0.2, 0.25) is 0 Å². The second-order valence-corrected chi connectivity index (χ2v) is 20.6. The molecule has 4 heterocycles. The first-order chi connectivity index (χ1) is 22.8. The van der Waals surface area contributed by atoms with Gasteiger partial charge in [-0.25, -0.2) is 0 Å². The molecule has 4 rings (SSSR count). The molecular weight excluding hydrogens is 619 g/mol. The summed E-state index contributed by atoms with van der Waals surface area (Å²) in [5.41, 5.74) is -0.159. The lowest BCUT2D eigenvalue weighted by molar-refractivity contribution is -0.00348. The quantitative estimate of drug-likeness (QED) is 0.203. The second kappa shape index (κ2) is 14.4. The van der Waals surface area contributed by atoms with Crippen molar-refractivity contribution in [2.75, 3.05) is 30.4 Å². The third-order valence-corrected chi connectivity index (χ3v) is 12.2. The molecular formula is C41H79N9. The van der Waals surface area contributed by atoms with Crippen LogP contribution in [0.25, 0.3) is 0 Å². The Morgan fingerprint density at radius 1 is 0.560 bits per heavy atom. The van der Waals surface area contributed by atoms with Crippen LogP contribution in [0.4, 0.5) is 11.9 Å². The standard InChI is InChI=1S/C41H79N9/c1-18-21-22-50(31-27-39(12,13)47-40(14,15)28-31)34-43-32(42-33(44-34)48(16)29-23-35(4,5)45-36(6,7)24-29)41(19-2,20-3)49(17)30-25-37(8,9)46-38(10,11)26-30/h29-31,45-47H,18-28H2,1-17H3. The first-order valence-corrected chi connectivity index (χ1v) is 20.1. The van der Waals surface area contributed by atoms with Crippen LogP contribution in [-0.2, 0) is 5.54 Å². The Bertz CT molecular complexity index is 1250. The van der Waals surface area contributed by atoms with Gasteiger partial charge in [0.15, 0.2) is 5.82 Å². The predicted molar refractivity (Wildman–Crippen MR) is 213 cm³/mol. The zero-order valence-electron chi connectivity index (χ0n) is 35.7. The molecule has 0 radical (unpaired) electrons. The topological polar surface area (TPSA) is 84.5 Å². The summed E-state index contributed by atoms with van der Waals surface area (Å²) in [4.78, 5) is 24.3. The van der Waals surface area contributed by atoms with E-state index in [1.807, 2.05) is 0 Å². The summed E-state index contributed by atoms with van der Waals surface area (Å²) in [7, 11) is 4.59. The van der Waals surface area contributed by atoms with Crippen LogP contribution in [0.5, 0.6) is 0 Å². The molecule has 3 saturated heterocycles. The molecule has 3 fully saturated rings. The number of piperidine rings is 3. The van der Waals surface area contributed by atoms with Crippen molar-refractivity contribution in [1.29, 1.82) is 0 Å². The number of hydrogen-bond acceptors (Lipinski definition) is 9. The van der Waals surface area contributed by atoms with Crippen LogP contribution in [0.3, 0.4) is 0 Å². The molecule has 0 bridgehead atoms. The van der Waals surface area contributed by atoms with Crippen molar-refractivity contribution in [3.8, 4) is 0 Å². The lowest BCUT2D eigenvalue weighted by Gasteiger charge is -2.53. The van der Waals surface area contributed by atoms with Gasteiger partial charge in [0.25, 0.3) is 0 Å². The molecule has 0 atom stereocenters. The second-order valence-electron chi connectivity index (χ2n) is 20.6. The van der Waals surface area contributed by atoms with E-state index in [0.717, 1.165) is 88.5 Å². The van der Waals surface area contributed by atoms with Crippen LogP contribution in [0, 0.1) is 0 Å². The molecule has 0 spiro atoms. The number of rotatable bonds is 12. The van der Waals surface area contributed by atoms with Crippen LogP contribution in [-0.4, -0.2) is 91.9 Å². The Labute approximate surface area is 308 Å². The SMILES string of the molecule is CCCCN(c1nc(N(C)C2CC(C)(C)NC(C)(C)C2)nc(C(CC)(CC)N(C)C2CC(C)(C)NC(C)(C)C2)n1)C1CC(C)(C)NC(C)(C)C1. The van der Waals surface area contributed by atoms with Gasteiger partial charge in [0.2, 0.25) is 11.9 Å². The van der Waals surface area contributed by atoms with Crippen LogP contribution >= 0.6 is 0 Å². The predicted octanol–water partition coefficient (Wildman–Crippen LogP) is 7.79. The minimum Gasteiger partial charge on any atom is -0.341 e. The van der Waals surface area contributed by atoms with E-state index >= 15 is 0 Å². The molecule has 288 valence electrons. The number of hydrogen-bond donors (Lipinski definition) is 3. The molecule has 9 heteroatoms. The molecule has 3 N–H and O–H groups in total. The van der Waals surface area contributed by atoms with Gasteiger partial charge in [-0.05, 0) is 148 Å². The maximum Gasteiger partial charge on any atom is 0.230 e. The fourth-order valence-corrected chi connectivity index (χ4v) is 10.9. The van der Waals surface area contributed by atoms with Gasteiger partial charge in [-0.1, -0.05) is 27.2 Å². The van der Waals surface area contributed by atoms with Crippen molar-refractivity contribution in [2.45, 2.75) is 225 Å². The lowest BCUT2D eigenvalue weighted by atomic mass is 9.76. The third-order valence-electron chi connectivity index (χ3n) is 12.2. The maximum absolute atomic E-state index is 5.63. The zero-order valence-corrected chi connectivity index (χ0v) is 35.7. The van der Waals surface area contributed by atoms with Crippen LogP contribution in [0.1, 0.15) is 174 Å². The van der Waals surface area contributed by atoms with Crippen molar-refractivity contribution in [3.05, 3.63) is 5.82 Å². The van der Waals surface area contributed by atoms with E-state index < -0.39 is 0 Å². The summed E-state index contributed by atoms with van der Waals surface area (Å²) in [6.45, 7) is 36.1. The summed E-state index contributed by atoms with van der Waals surface area (Å²) in [6.07, 6.45) is 10.5. The summed E-state index contributed by atoms with van der Waals surface area (Å²) < 4.78 is 0. The first-order valence-electron chi connectivity index (χ1n) is 20.1. The smallest absolute Gasteiger partial charge is 0.230 e. The Kier molecular flexibility index (Phi) is 11.8. The molecule has 0 amide bonds.